The van der Waals surface area contributed by atoms with Crippen molar-refractivity contribution in [2.45, 2.75) is 47.0 Å². The third-order valence-electron chi connectivity index (χ3n) is 1.86. The normalized spacial score (nSPS) is 12.0. The largest absolute Gasteiger partial charge is 0.764 e. The van der Waals surface area contributed by atoms with E-state index in [0.717, 1.165) is 19.3 Å². The van der Waals surface area contributed by atoms with E-state index >= 15 is 0 Å². The molecule has 0 fully saturated rings. The minimum absolute atomic E-state index is 0.331. The number of hydrogen-bond acceptors (Lipinski definition) is 7. The van der Waals surface area contributed by atoms with Crippen molar-refractivity contribution in [1.29, 1.82) is 0 Å². The first-order chi connectivity index (χ1) is 9.24. The van der Waals surface area contributed by atoms with Crippen LogP contribution in [0, 0.1) is 0 Å². The highest BCUT2D eigenvalue weighted by molar-refractivity contribution is 6.52. The van der Waals surface area contributed by atoms with Gasteiger partial charge >= 0.3 is 9.05 Å². The van der Waals surface area contributed by atoms with Crippen molar-refractivity contribution in [3.63, 3.8) is 0 Å². The van der Waals surface area contributed by atoms with Gasteiger partial charge in [0.05, 0.1) is 19.8 Å². The Balaban J connectivity index is 4.38. The molecule has 0 aliphatic carbocycles. The maximum atomic E-state index is 5.54. The molecule has 0 saturated heterocycles. The molecule has 0 amide bonds. The Morgan fingerprint density at radius 2 is 1.16 bits per heavy atom. The molecule has 0 aromatic carbocycles. The predicted molar refractivity (Wildman–Crippen MR) is 69.4 cm³/mol. The highest BCUT2D eigenvalue weighted by Gasteiger charge is 2.52. The van der Waals surface area contributed by atoms with E-state index in [1.54, 1.807) is 20.8 Å². The lowest BCUT2D eigenvalue weighted by atomic mass is 10.3. The topological polar surface area (TPSA) is 64.6 Å². The van der Waals surface area contributed by atoms with Crippen LogP contribution >= 0.6 is 0 Å². The van der Waals surface area contributed by atoms with Crippen LogP contribution < -0.4 is 0 Å². The lowest BCUT2D eigenvalue weighted by Crippen LogP contribution is -2.49. The molecule has 116 valence electrons. The summed E-state index contributed by atoms with van der Waals surface area (Å²) in [5, 5.41) is 0. The van der Waals surface area contributed by atoms with E-state index in [4.69, 9.17) is 32.8 Å². The molecule has 8 heteroatoms. The maximum Gasteiger partial charge on any atom is 0.764 e. The monoisotopic (exact) mass is 298 g/mol. The molecule has 0 N–H and O–H groups in total. The van der Waals surface area contributed by atoms with Crippen molar-refractivity contribution in [1.82, 2.24) is 0 Å². The minimum Gasteiger partial charge on any atom is -0.347 e. The Kier molecular flexibility index (Phi) is 12.9. The standard InChI is InChI=1S/C11H26O7Si/c1-5-9-10-11-15-19(16-12-6-2,17-13-7-3)18-14-8-4/h5-11H2,1-4H3. The highest BCUT2D eigenvalue weighted by Crippen LogP contribution is 2.15. The second-order valence-electron chi connectivity index (χ2n) is 3.53. The van der Waals surface area contributed by atoms with E-state index in [1.807, 2.05) is 0 Å². The van der Waals surface area contributed by atoms with Gasteiger partial charge in [0, 0.05) is 6.61 Å². The molecule has 0 aromatic heterocycles. The minimum atomic E-state index is -3.58. The molecule has 0 bridgehead atoms. The fraction of sp³-hybridized carbons (Fsp3) is 1.00. The van der Waals surface area contributed by atoms with E-state index < -0.39 is 9.05 Å². The van der Waals surface area contributed by atoms with Crippen LogP contribution in [0.4, 0.5) is 0 Å². The van der Waals surface area contributed by atoms with Crippen molar-refractivity contribution >= 4 is 9.05 Å². The fourth-order valence-electron chi connectivity index (χ4n) is 1.06. The summed E-state index contributed by atoms with van der Waals surface area (Å²) in [7, 11) is -3.58. The summed E-state index contributed by atoms with van der Waals surface area (Å²) in [4.78, 5) is 14.6. The first-order valence-corrected chi connectivity index (χ1v) is 8.43. The van der Waals surface area contributed by atoms with Crippen LogP contribution in [0.25, 0.3) is 0 Å². The van der Waals surface area contributed by atoms with Crippen LogP contribution in [0.15, 0.2) is 0 Å². The van der Waals surface area contributed by atoms with Crippen LogP contribution in [-0.4, -0.2) is 35.5 Å². The Morgan fingerprint density at radius 1 is 0.684 bits per heavy atom. The zero-order valence-corrected chi connectivity index (χ0v) is 13.3. The molecule has 7 nitrogen and oxygen atoms in total. The van der Waals surface area contributed by atoms with Crippen molar-refractivity contribution in [2.24, 2.45) is 0 Å². The smallest absolute Gasteiger partial charge is 0.347 e. The Morgan fingerprint density at radius 3 is 1.53 bits per heavy atom. The molecule has 0 saturated carbocycles. The predicted octanol–water partition coefficient (Wildman–Crippen LogP) is 2.53. The molecular formula is C11H26O7Si. The second-order valence-corrected chi connectivity index (χ2v) is 5.31. The van der Waals surface area contributed by atoms with Gasteiger partial charge in [0.25, 0.3) is 0 Å². The molecule has 0 aliphatic rings. The Bertz CT molecular complexity index is 172. The van der Waals surface area contributed by atoms with Crippen molar-refractivity contribution in [3.8, 4) is 0 Å². The number of hydrogen-bond donors (Lipinski definition) is 0. The second kappa shape index (κ2) is 12.9. The van der Waals surface area contributed by atoms with Gasteiger partial charge < -0.3 is 4.43 Å². The molecule has 0 atom stereocenters. The van der Waals surface area contributed by atoms with Gasteiger partial charge in [-0.3, -0.25) is 0 Å². The quantitative estimate of drug-likeness (QED) is 0.211. The van der Waals surface area contributed by atoms with Gasteiger partial charge in [0.2, 0.25) is 0 Å². The van der Waals surface area contributed by atoms with Crippen LogP contribution in [0.3, 0.4) is 0 Å². The van der Waals surface area contributed by atoms with Crippen molar-refractivity contribution in [2.75, 3.05) is 26.4 Å². The Labute approximate surface area is 116 Å². The molecule has 0 unspecified atom stereocenters. The molecule has 0 radical (unpaired) electrons. The van der Waals surface area contributed by atoms with Gasteiger partial charge in [-0.1, -0.05) is 19.8 Å². The third-order valence-corrected chi connectivity index (χ3v) is 3.39. The van der Waals surface area contributed by atoms with Gasteiger partial charge in [-0.2, -0.15) is 13.7 Å². The van der Waals surface area contributed by atoms with Gasteiger partial charge in [-0.25, -0.2) is 14.7 Å². The van der Waals surface area contributed by atoms with E-state index in [-0.39, 0.29) is 0 Å². The first-order valence-electron chi connectivity index (χ1n) is 6.80. The fourth-order valence-corrected chi connectivity index (χ4v) is 2.46. The molecule has 0 aromatic rings. The van der Waals surface area contributed by atoms with Crippen molar-refractivity contribution in [3.05, 3.63) is 0 Å². The van der Waals surface area contributed by atoms with Crippen LogP contribution in [-0.2, 0) is 32.8 Å². The Hall–Kier alpha value is -0.0631. The molecule has 0 spiro atoms. The first kappa shape index (κ1) is 18.9. The van der Waals surface area contributed by atoms with Crippen LogP contribution in [0.1, 0.15) is 47.0 Å². The summed E-state index contributed by atoms with van der Waals surface area (Å²) in [6, 6.07) is 0. The lowest BCUT2D eigenvalue weighted by Gasteiger charge is -2.23. The van der Waals surface area contributed by atoms with Gasteiger partial charge in [0.15, 0.2) is 0 Å². The average Bonchev–Trinajstić information content (AvgIpc) is 2.44. The third kappa shape index (κ3) is 9.47. The van der Waals surface area contributed by atoms with Gasteiger partial charge in [0.1, 0.15) is 0 Å². The zero-order chi connectivity index (χ0) is 14.4. The summed E-state index contributed by atoms with van der Waals surface area (Å²) < 4.78 is 20.8. The zero-order valence-electron chi connectivity index (χ0n) is 12.3. The van der Waals surface area contributed by atoms with E-state index in [9.17, 15) is 0 Å². The number of unbranched alkanes of at least 4 members (excludes halogenated alkanes) is 2. The summed E-state index contributed by atoms with van der Waals surface area (Å²) in [5.74, 6) is 0. The SMILES string of the molecule is CCCCCO[Si](OOCC)(OOCC)OOCC. The molecule has 0 aliphatic heterocycles. The van der Waals surface area contributed by atoms with Crippen LogP contribution in [0.5, 0.6) is 0 Å². The lowest BCUT2D eigenvalue weighted by molar-refractivity contribution is -0.385. The molecular weight excluding hydrogens is 272 g/mol. The van der Waals surface area contributed by atoms with E-state index in [0.29, 0.717) is 26.4 Å². The van der Waals surface area contributed by atoms with Crippen LogP contribution in [0.2, 0.25) is 0 Å². The molecule has 0 rings (SSSR count). The van der Waals surface area contributed by atoms with Gasteiger partial charge in [-0.15, -0.1) is 0 Å². The highest BCUT2D eigenvalue weighted by atomic mass is 28.4. The maximum absolute atomic E-state index is 5.54. The van der Waals surface area contributed by atoms with Gasteiger partial charge in [-0.05, 0) is 27.2 Å². The summed E-state index contributed by atoms with van der Waals surface area (Å²) in [6.45, 7) is 8.85. The molecule has 19 heavy (non-hydrogen) atoms. The summed E-state index contributed by atoms with van der Waals surface area (Å²) >= 11 is 0. The number of rotatable bonds is 14. The average molecular weight is 298 g/mol. The summed E-state index contributed by atoms with van der Waals surface area (Å²) in [6.07, 6.45) is 3.00. The molecule has 0 heterocycles. The van der Waals surface area contributed by atoms with E-state index in [1.165, 1.54) is 0 Å². The summed E-state index contributed by atoms with van der Waals surface area (Å²) in [5.41, 5.74) is 0. The van der Waals surface area contributed by atoms with Crippen molar-refractivity contribution < 1.29 is 32.8 Å². The van der Waals surface area contributed by atoms with E-state index in [2.05, 4.69) is 6.92 Å².